The van der Waals surface area contributed by atoms with Crippen molar-refractivity contribution in [3.05, 3.63) is 35.5 Å². The molecule has 4 nitrogen and oxygen atoms in total. The van der Waals surface area contributed by atoms with Gasteiger partial charge in [0.2, 0.25) is 5.91 Å². The molecule has 1 fully saturated rings. The Balaban J connectivity index is 1.58. The molecule has 0 bridgehead atoms. The number of anilines is 1. The van der Waals surface area contributed by atoms with Crippen LogP contribution in [-0.4, -0.2) is 35.4 Å². The molecule has 128 valence electrons. The predicted molar refractivity (Wildman–Crippen MR) is 95.5 cm³/mol. The summed E-state index contributed by atoms with van der Waals surface area (Å²) in [5.74, 6) is 0.960. The van der Waals surface area contributed by atoms with Crippen LogP contribution in [0.4, 0.5) is 9.52 Å². The normalized spacial score (nSPS) is 21.6. The zero-order valence-electron chi connectivity index (χ0n) is 14.0. The summed E-state index contributed by atoms with van der Waals surface area (Å²) in [5.41, 5.74) is 1.59. The highest BCUT2D eigenvalue weighted by Crippen LogP contribution is 2.25. The van der Waals surface area contributed by atoms with Gasteiger partial charge in [0.05, 0.1) is 12.2 Å². The first-order chi connectivity index (χ1) is 11.5. The van der Waals surface area contributed by atoms with Crippen molar-refractivity contribution in [2.45, 2.75) is 20.3 Å². The summed E-state index contributed by atoms with van der Waals surface area (Å²) in [6.45, 7) is 6.81. The van der Waals surface area contributed by atoms with E-state index >= 15 is 0 Å². The van der Waals surface area contributed by atoms with Crippen LogP contribution in [0.15, 0.2) is 29.6 Å². The highest BCUT2D eigenvalue weighted by Gasteiger charge is 2.23. The van der Waals surface area contributed by atoms with Crippen molar-refractivity contribution in [2.75, 3.05) is 25.0 Å². The summed E-state index contributed by atoms with van der Waals surface area (Å²) in [6.07, 6.45) is 1.23. The zero-order chi connectivity index (χ0) is 17.1. The third-order valence-electron chi connectivity index (χ3n) is 4.20. The lowest BCUT2D eigenvalue weighted by atomic mass is 9.92. The number of aromatic nitrogens is 1. The number of carbonyl (C=O) groups is 1. The minimum atomic E-state index is -0.271. The molecule has 0 saturated carbocycles. The molecule has 1 amide bonds. The van der Waals surface area contributed by atoms with Gasteiger partial charge >= 0.3 is 0 Å². The smallest absolute Gasteiger partial charge is 0.240 e. The molecule has 2 aromatic rings. The molecule has 6 heteroatoms. The molecule has 1 N–H and O–H groups in total. The number of piperidine rings is 1. The fraction of sp³-hybridized carbons (Fsp3) is 0.444. The molecule has 24 heavy (non-hydrogen) atoms. The van der Waals surface area contributed by atoms with Crippen LogP contribution in [0, 0.1) is 17.7 Å². The van der Waals surface area contributed by atoms with E-state index in [1.54, 1.807) is 12.1 Å². The average molecular weight is 347 g/mol. The van der Waals surface area contributed by atoms with E-state index in [9.17, 15) is 9.18 Å². The minimum Gasteiger partial charge on any atom is -0.301 e. The summed E-state index contributed by atoms with van der Waals surface area (Å²) in [5, 5.41) is 5.32. The molecular formula is C18H22FN3OS. The molecule has 2 atom stereocenters. The Morgan fingerprint density at radius 3 is 2.62 bits per heavy atom. The topological polar surface area (TPSA) is 45.2 Å². The van der Waals surface area contributed by atoms with Gasteiger partial charge in [0.1, 0.15) is 5.82 Å². The highest BCUT2D eigenvalue weighted by molar-refractivity contribution is 7.14. The van der Waals surface area contributed by atoms with E-state index in [1.807, 2.05) is 5.38 Å². The van der Waals surface area contributed by atoms with E-state index in [4.69, 9.17) is 0 Å². The number of nitrogens with zero attached hydrogens (tertiary/aromatic N) is 2. The summed E-state index contributed by atoms with van der Waals surface area (Å²) in [6, 6.07) is 6.19. The number of amides is 1. The quantitative estimate of drug-likeness (QED) is 0.913. The summed E-state index contributed by atoms with van der Waals surface area (Å²) >= 11 is 1.38. The Labute approximate surface area is 145 Å². The first-order valence-corrected chi connectivity index (χ1v) is 9.11. The van der Waals surface area contributed by atoms with Gasteiger partial charge in [-0.05, 0) is 42.5 Å². The average Bonchev–Trinajstić information content (AvgIpc) is 2.95. The second kappa shape index (κ2) is 7.40. The fourth-order valence-corrected chi connectivity index (χ4v) is 4.10. The lowest BCUT2D eigenvalue weighted by Crippen LogP contribution is -2.42. The summed E-state index contributed by atoms with van der Waals surface area (Å²) in [4.78, 5) is 18.9. The number of rotatable bonds is 4. The number of likely N-dealkylation sites (tertiary alicyclic amines) is 1. The van der Waals surface area contributed by atoms with Crippen LogP contribution in [0.3, 0.4) is 0 Å². The zero-order valence-corrected chi connectivity index (χ0v) is 14.8. The standard InChI is InChI=1S/C18H22FN3OS/c1-12-7-13(2)9-22(8-12)10-17(23)21-18-20-16(11-24-18)14-3-5-15(19)6-4-14/h3-6,11-13H,7-10H2,1-2H3,(H,20,21,23)/t12-,13+. The first-order valence-electron chi connectivity index (χ1n) is 8.23. The SMILES string of the molecule is C[C@@H]1C[C@H](C)CN(CC(=O)Nc2nc(-c3ccc(F)cc3)cs2)C1. The van der Waals surface area contributed by atoms with E-state index in [0.29, 0.717) is 23.5 Å². The van der Waals surface area contributed by atoms with Crippen molar-refractivity contribution >= 4 is 22.4 Å². The van der Waals surface area contributed by atoms with Crippen LogP contribution in [0.1, 0.15) is 20.3 Å². The van der Waals surface area contributed by atoms with Crippen LogP contribution in [-0.2, 0) is 4.79 Å². The number of benzene rings is 1. The van der Waals surface area contributed by atoms with E-state index in [0.717, 1.165) is 24.3 Å². The van der Waals surface area contributed by atoms with Crippen molar-refractivity contribution < 1.29 is 9.18 Å². The van der Waals surface area contributed by atoms with Crippen LogP contribution in [0.5, 0.6) is 0 Å². The van der Waals surface area contributed by atoms with Gasteiger partial charge < -0.3 is 5.32 Å². The van der Waals surface area contributed by atoms with Gasteiger partial charge in [0.25, 0.3) is 0 Å². The van der Waals surface area contributed by atoms with Gasteiger partial charge in [0.15, 0.2) is 5.13 Å². The molecule has 1 aromatic heterocycles. The maximum Gasteiger partial charge on any atom is 0.240 e. The van der Waals surface area contributed by atoms with Crippen molar-refractivity contribution in [3.63, 3.8) is 0 Å². The molecule has 1 aromatic carbocycles. The largest absolute Gasteiger partial charge is 0.301 e. The number of halogens is 1. The van der Waals surface area contributed by atoms with Crippen LogP contribution in [0.25, 0.3) is 11.3 Å². The second-order valence-corrected chi connectivity index (χ2v) is 7.59. The van der Waals surface area contributed by atoms with Crippen LogP contribution < -0.4 is 5.32 Å². The molecule has 0 aliphatic carbocycles. The minimum absolute atomic E-state index is 0.0312. The lowest BCUT2D eigenvalue weighted by molar-refractivity contribution is -0.117. The van der Waals surface area contributed by atoms with Crippen LogP contribution >= 0.6 is 11.3 Å². The third kappa shape index (κ3) is 4.39. The van der Waals surface area contributed by atoms with Gasteiger partial charge in [-0.25, -0.2) is 9.37 Å². The number of thiazole rings is 1. The second-order valence-electron chi connectivity index (χ2n) is 6.73. The van der Waals surface area contributed by atoms with E-state index in [2.05, 4.69) is 29.0 Å². The summed E-state index contributed by atoms with van der Waals surface area (Å²) < 4.78 is 13.0. The molecule has 3 rings (SSSR count). The Morgan fingerprint density at radius 2 is 1.96 bits per heavy atom. The number of hydrogen-bond donors (Lipinski definition) is 1. The van der Waals surface area contributed by atoms with Crippen molar-refractivity contribution in [3.8, 4) is 11.3 Å². The summed E-state index contributed by atoms with van der Waals surface area (Å²) in [7, 11) is 0. The molecule has 1 aliphatic heterocycles. The maximum absolute atomic E-state index is 13.0. The number of nitrogens with one attached hydrogen (secondary N) is 1. The molecule has 0 spiro atoms. The molecular weight excluding hydrogens is 325 g/mol. The Bertz CT molecular complexity index is 691. The van der Waals surface area contributed by atoms with Gasteiger partial charge in [-0.1, -0.05) is 13.8 Å². The van der Waals surface area contributed by atoms with E-state index in [-0.39, 0.29) is 11.7 Å². The number of carbonyl (C=O) groups excluding carboxylic acids is 1. The third-order valence-corrected chi connectivity index (χ3v) is 4.96. The molecule has 0 radical (unpaired) electrons. The lowest BCUT2D eigenvalue weighted by Gasteiger charge is -2.34. The first kappa shape index (κ1) is 17.0. The Hall–Kier alpha value is -1.79. The number of hydrogen-bond acceptors (Lipinski definition) is 4. The maximum atomic E-state index is 13.0. The van der Waals surface area contributed by atoms with Crippen molar-refractivity contribution in [2.24, 2.45) is 11.8 Å². The van der Waals surface area contributed by atoms with Crippen LogP contribution in [0.2, 0.25) is 0 Å². The van der Waals surface area contributed by atoms with Crippen molar-refractivity contribution in [1.29, 1.82) is 0 Å². The van der Waals surface area contributed by atoms with Crippen molar-refractivity contribution in [1.82, 2.24) is 9.88 Å². The van der Waals surface area contributed by atoms with Gasteiger partial charge in [0, 0.05) is 24.0 Å². The van der Waals surface area contributed by atoms with Gasteiger partial charge in [-0.15, -0.1) is 11.3 Å². The highest BCUT2D eigenvalue weighted by atomic mass is 32.1. The molecule has 1 saturated heterocycles. The Kier molecular flexibility index (Phi) is 5.26. The Morgan fingerprint density at radius 1 is 1.29 bits per heavy atom. The fourth-order valence-electron chi connectivity index (χ4n) is 3.37. The monoisotopic (exact) mass is 347 g/mol. The van der Waals surface area contributed by atoms with E-state index < -0.39 is 0 Å². The van der Waals surface area contributed by atoms with Gasteiger partial charge in [-0.3, -0.25) is 9.69 Å². The molecule has 2 heterocycles. The molecule has 1 aliphatic rings. The predicted octanol–water partition coefficient (Wildman–Crippen LogP) is 3.87. The molecule has 0 unspecified atom stereocenters. The van der Waals surface area contributed by atoms with E-state index in [1.165, 1.54) is 29.9 Å². The van der Waals surface area contributed by atoms with Gasteiger partial charge in [-0.2, -0.15) is 0 Å².